The van der Waals surface area contributed by atoms with E-state index < -0.39 is 5.97 Å². The average Bonchev–Trinajstić information content (AvgIpc) is 2.89. The van der Waals surface area contributed by atoms with Crippen LogP contribution in [-0.4, -0.2) is 35.1 Å². The van der Waals surface area contributed by atoms with Crippen LogP contribution in [0.15, 0.2) is 22.7 Å². The predicted molar refractivity (Wildman–Crippen MR) is 85.7 cm³/mol. The summed E-state index contributed by atoms with van der Waals surface area (Å²) in [5.41, 5.74) is 2.47. The minimum Gasteiger partial charge on any atom is -0.481 e. The van der Waals surface area contributed by atoms with Crippen molar-refractivity contribution in [3.8, 4) is 0 Å². The Morgan fingerprint density at radius 2 is 1.95 bits per heavy atom. The van der Waals surface area contributed by atoms with E-state index in [0.717, 1.165) is 17.3 Å². The van der Waals surface area contributed by atoms with E-state index in [4.69, 9.17) is 5.11 Å². The molecule has 2 amide bonds. The smallest absolute Gasteiger partial charge is 0.317 e. The standard InChI is InChI=1S/C16H19BrN2O3/c17-12-2-3-13-11(9-12)1-4-14(13)18-16(22)19-7-5-10(6-8-19)15(20)21/h2-3,9-10,14H,1,4-8H2,(H,18,22)(H,20,21). The molecule has 1 heterocycles. The molecule has 1 aromatic rings. The van der Waals surface area contributed by atoms with E-state index in [9.17, 15) is 9.59 Å². The lowest BCUT2D eigenvalue weighted by Crippen LogP contribution is -2.46. The zero-order valence-corrected chi connectivity index (χ0v) is 13.8. The van der Waals surface area contributed by atoms with Crippen molar-refractivity contribution in [2.75, 3.05) is 13.1 Å². The molecular formula is C16H19BrN2O3. The van der Waals surface area contributed by atoms with Gasteiger partial charge in [0.1, 0.15) is 0 Å². The van der Waals surface area contributed by atoms with Crippen LogP contribution >= 0.6 is 15.9 Å². The molecule has 1 unspecified atom stereocenters. The fraction of sp³-hybridized carbons (Fsp3) is 0.500. The Balaban J connectivity index is 1.59. The van der Waals surface area contributed by atoms with Crippen LogP contribution in [0.1, 0.15) is 36.4 Å². The Morgan fingerprint density at radius 1 is 1.23 bits per heavy atom. The van der Waals surface area contributed by atoms with Gasteiger partial charge in [-0.3, -0.25) is 4.79 Å². The number of urea groups is 1. The maximum Gasteiger partial charge on any atom is 0.317 e. The van der Waals surface area contributed by atoms with Crippen molar-refractivity contribution in [1.29, 1.82) is 0 Å². The summed E-state index contributed by atoms with van der Waals surface area (Å²) in [5.74, 6) is -1.07. The van der Waals surface area contributed by atoms with Crippen LogP contribution in [0.2, 0.25) is 0 Å². The lowest BCUT2D eigenvalue weighted by atomic mass is 9.97. The van der Waals surface area contributed by atoms with Gasteiger partial charge in [0.2, 0.25) is 0 Å². The first kappa shape index (κ1) is 15.3. The third kappa shape index (κ3) is 3.11. The van der Waals surface area contributed by atoms with Crippen LogP contribution in [0.4, 0.5) is 4.79 Å². The van der Waals surface area contributed by atoms with Gasteiger partial charge in [-0.15, -0.1) is 0 Å². The van der Waals surface area contributed by atoms with E-state index in [1.165, 1.54) is 11.1 Å². The molecule has 5 nitrogen and oxygen atoms in total. The summed E-state index contributed by atoms with van der Waals surface area (Å²) in [6.07, 6.45) is 2.97. The number of nitrogens with one attached hydrogen (secondary N) is 1. The molecule has 2 aliphatic rings. The molecular weight excluding hydrogens is 348 g/mol. The highest BCUT2D eigenvalue weighted by atomic mass is 79.9. The molecule has 1 aliphatic heterocycles. The third-order valence-corrected chi connectivity index (χ3v) is 5.11. The van der Waals surface area contributed by atoms with Crippen molar-refractivity contribution in [1.82, 2.24) is 10.2 Å². The predicted octanol–water partition coefficient (Wildman–Crippen LogP) is 2.94. The molecule has 0 bridgehead atoms. The highest BCUT2D eigenvalue weighted by molar-refractivity contribution is 9.10. The molecule has 1 saturated heterocycles. The molecule has 1 aliphatic carbocycles. The van der Waals surface area contributed by atoms with Crippen molar-refractivity contribution in [3.63, 3.8) is 0 Å². The van der Waals surface area contributed by atoms with Gasteiger partial charge in [0.15, 0.2) is 0 Å². The minimum absolute atomic E-state index is 0.0628. The number of piperidine rings is 1. The Bertz CT molecular complexity index is 597. The van der Waals surface area contributed by atoms with Gasteiger partial charge in [-0.1, -0.05) is 22.0 Å². The maximum absolute atomic E-state index is 12.4. The number of carboxylic acids is 1. The molecule has 118 valence electrons. The number of carbonyl (C=O) groups excluding carboxylic acids is 1. The molecule has 1 fully saturated rings. The largest absolute Gasteiger partial charge is 0.481 e. The summed E-state index contributed by atoms with van der Waals surface area (Å²) in [7, 11) is 0. The molecule has 3 rings (SSSR count). The lowest BCUT2D eigenvalue weighted by molar-refractivity contribution is -0.143. The Hall–Kier alpha value is -1.56. The van der Waals surface area contributed by atoms with E-state index in [2.05, 4.69) is 33.4 Å². The number of aliphatic carboxylic acids is 1. The zero-order valence-electron chi connectivity index (χ0n) is 12.2. The summed E-state index contributed by atoms with van der Waals surface area (Å²) in [6.45, 7) is 1.03. The first-order chi connectivity index (χ1) is 10.5. The first-order valence-corrected chi connectivity index (χ1v) is 8.40. The topological polar surface area (TPSA) is 69.6 Å². The number of hydrogen-bond donors (Lipinski definition) is 2. The van der Waals surface area contributed by atoms with Crippen molar-refractivity contribution in [2.45, 2.75) is 31.7 Å². The number of halogens is 1. The Morgan fingerprint density at radius 3 is 2.64 bits per heavy atom. The van der Waals surface area contributed by atoms with Gasteiger partial charge in [-0.05, 0) is 48.9 Å². The van der Waals surface area contributed by atoms with Gasteiger partial charge < -0.3 is 15.3 Å². The molecule has 1 aromatic carbocycles. The van der Waals surface area contributed by atoms with Gasteiger partial charge in [0.05, 0.1) is 12.0 Å². The highest BCUT2D eigenvalue weighted by Crippen LogP contribution is 2.33. The van der Waals surface area contributed by atoms with E-state index in [1.54, 1.807) is 4.90 Å². The van der Waals surface area contributed by atoms with E-state index in [1.807, 2.05) is 6.07 Å². The summed E-state index contributed by atoms with van der Waals surface area (Å²) in [5, 5.41) is 12.1. The summed E-state index contributed by atoms with van der Waals surface area (Å²) in [6, 6.07) is 6.16. The monoisotopic (exact) mass is 366 g/mol. The average molecular weight is 367 g/mol. The van der Waals surface area contributed by atoms with Crippen molar-refractivity contribution >= 4 is 27.9 Å². The van der Waals surface area contributed by atoms with E-state index >= 15 is 0 Å². The fourth-order valence-corrected chi connectivity index (χ4v) is 3.71. The maximum atomic E-state index is 12.4. The molecule has 0 spiro atoms. The summed E-state index contributed by atoms with van der Waals surface area (Å²) >= 11 is 3.47. The van der Waals surface area contributed by atoms with Crippen LogP contribution in [0.5, 0.6) is 0 Å². The number of likely N-dealkylation sites (tertiary alicyclic amines) is 1. The molecule has 0 saturated carbocycles. The number of fused-ring (bicyclic) bond motifs is 1. The Labute approximate surface area is 137 Å². The molecule has 2 N–H and O–H groups in total. The number of rotatable bonds is 2. The highest BCUT2D eigenvalue weighted by Gasteiger charge is 2.29. The number of hydrogen-bond acceptors (Lipinski definition) is 2. The number of carbonyl (C=O) groups is 2. The normalized spacial score (nSPS) is 21.5. The van der Waals surface area contributed by atoms with Gasteiger partial charge in [0.25, 0.3) is 0 Å². The number of nitrogens with zero attached hydrogens (tertiary/aromatic N) is 1. The van der Waals surface area contributed by atoms with Crippen LogP contribution in [0.3, 0.4) is 0 Å². The van der Waals surface area contributed by atoms with Crippen molar-refractivity contribution < 1.29 is 14.7 Å². The number of benzene rings is 1. The third-order valence-electron chi connectivity index (χ3n) is 4.61. The number of carboxylic acid groups (broad SMARTS) is 1. The fourth-order valence-electron chi connectivity index (χ4n) is 3.31. The lowest BCUT2D eigenvalue weighted by Gasteiger charge is -2.31. The summed E-state index contributed by atoms with van der Waals surface area (Å²) in [4.78, 5) is 25.0. The van der Waals surface area contributed by atoms with Crippen molar-refractivity contribution in [2.24, 2.45) is 5.92 Å². The Kier molecular flexibility index (Phi) is 4.38. The first-order valence-electron chi connectivity index (χ1n) is 7.61. The van der Waals surface area contributed by atoms with Gasteiger partial charge >= 0.3 is 12.0 Å². The van der Waals surface area contributed by atoms with Gasteiger partial charge in [0, 0.05) is 17.6 Å². The van der Waals surface area contributed by atoms with Crippen LogP contribution < -0.4 is 5.32 Å². The zero-order chi connectivity index (χ0) is 15.7. The second-order valence-corrected chi connectivity index (χ2v) is 6.90. The summed E-state index contributed by atoms with van der Waals surface area (Å²) < 4.78 is 1.06. The van der Waals surface area contributed by atoms with Gasteiger partial charge in [-0.25, -0.2) is 4.79 Å². The molecule has 0 radical (unpaired) electrons. The SMILES string of the molecule is O=C(O)C1CCN(C(=O)NC2CCc3cc(Br)ccc32)CC1. The molecule has 1 atom stereocenters. The quantitative estimate of drug-likeness (QED) is 0.845. The van der Waals surface area contributed by atoms with E-state index in [-0.39, 0.29) is 18.0 Å². The number of aryl methyl sites for hydroxylation is 1. The molecule has 22 heavy (non-hydrogen) atoms. The minimum atomic E-state index is -0.754. The molecule has 0 aromatic heterocycles. The van der Waals surface area contributed by atoms with Crippen LogP contribution in [0.25, 0.3) is 0 Å². The van der Waals surface area contributed by atoms with Crippen molar-refractivity contribution in [3.05, 3.63) is 33.8 Å². The van der Waals surface area contributed by atoms with Crippen LogP contribution in [-0.2, 0) is 11.2 Å². The second-order valence-electron chi connectivity index (χ2n) is 5.98. The second kappa shape index (κ2) is 6.28. The van der Waals surface area contributed by atoms with Crippen LogP contribution in [0, 0.1) is 5.92 Å². The number of amides is 2. The molecule has 6 heteroatoms. The van der Waals surface area contributed by atoms with E-state index in [0.29, 0.717) is 25.9 Å². The van der Waals surface area contributed by atoms with Gasteiger partial charge in [-0.2, -0.15) is 0 Å².